The second-order valence-corrected chi connectivity index (χ2v) is 3.01. The molecule has 0 aliphatic carbocycles. The third-order valence-electron chi connectivity index (χ3n) is 1.40. The minimum Gasteiger partial charge on any atom is -0.496 e. The van der Waals surface area contributed by atoms with Crippen molar-refractivity contribution < 1.29 is 9.53 Å². The van der Waals surface area contributed by atoms with Gasteiger partial charge < -0.3 is 4.74 Å². The molecule has 12 heavy (non-hydrogen) atoms. The molecule has 0 unspecified atom stereocenters. The van der Waals surface area contributed by atoms with E-state index >= 15 is 0 Å². The second-order valence-electron chi connectivity index (χ2n) is 2.16. The molecule has 0 radical (unpaired) electrons. The van der Waals surface area contributed by atoms with Gasteiger partial charge in [0.2, 0.25) is 0 Å². The van der Waals surface area contributed by atoms with Gasteiger partial charge in [-0.3, -0.25) is 0 Å². The number of halogens is 1. The minimum absolute atomic E-state index is 0.748. The maximum atomic E-state index is 10.0. The van der Waals surface area contributed by atoms with Crippen LogP contribution in [0.25, 0.3) is 6.08 Å². The van der Waals surface area contributed by atoms with E-state index < -0.39 is 0 Å². The lowest BCUT2D eigenvalue weighted by Crippen LogP contribution is -1.84. The third kappa shape index (κ3) is 1.97. The highest BCUT2D eigenvalue weighted by molar-refractivity contribution is 9.10. The Kier molecular flexibility index (Phi) is 3.09. The Morgan fingerprint density at radius 1 is 1.58 bits per heavy atom. The van der Waals surface area contributed by atoms with E-state index in [0.717, 1.165) is 15.8 Å². The fourth-order valence-electron chi connectivity index (χ4n) is 0.840. The summed E-state index contributed by atoms with van der Waals surface area (Å²) in [6, 6.07) is 5.37. The molecule has 2 nitrogen and oxygen atoms in total. The highest BCUT2D eigenvalue weighted by atomic mass is 79.9. The first kappa shape index (κ1) is 9.04. The maximum Gasteiger partial charge on any atom is 0.133 e. The number of hydrogen-bond donors (Lipinski definition) is 0. The summed E-state index contributed by atoms with van der Waals surface area (Å²) in [5, 5.41) is 0. The van der Waals surface area contributed by atoms with Gasteiger partial charge in [0, 0.05) is 6.08 Å². The summed E-state index contributed by atoms with van der Waals surface area (Å²) in [5.41, 5.74) is 0.803. The van der Waals surface area contributed by atoms with Gasteiger partial charge in [0.05, 0.1) is 11.6 Å². The normalized spacial score (nSPS) is 8.83. The van der Waals surface area contributed by atoms with E-state index in [1.807, 2.05) is 0 Å². The topological polar surface area (TPSA) is 26.3 Å². The summed E-state index contributed by atoms with van der Waals surface area (Å²) in [4.78, 5) is 10.0. The van der Waals surface area contributed by atoms with E-state index in [4.69, 9.17) is 4.74 Å². The zero-order valence-corrected chi connectivity index (χ0v) is 8.09. The van der Waals surface area contributed by atoms with Gasteiger partial charge in [-0.05, 0) is 33.6 Å². The van der Waals surface area contributed by atoms with Crippen molar-refractivity contribution in [3.63, 3.8) is 0 Å². The van der Waals surface area contributed by atoms with Crippen molar-refractivity contribution >= 4 is 27.9 Å². The van der Waals surface area contributed by atoms with Gasteiger partial charge in [-0.2, -0.15) is 0 Å². The maximum absolute atomic E-state index is 10.0. The molecule has 0 aliphatic heterocycles. The molecule has 3 heteroatoms. The Balaban J connectivity index is 3.09. The number of benzene rings is 1. The van der Waals surface area contributed by atoms with Gasteiger partial charge in [0.1, 0.15) is 11.7 Å². The van der Waals surface area contributed by atoms with Gasteiger partial charge in [-0.1, -0.05) is 6.07 Å². The molecule has 1 rings (SSSR count). The molecular formula is C9H7BrO2. The van der Waals surface area contributed by atoms with Crippen LogP contribution in [0.2, 0.25) is 0 Å². The molecule has 0 heterocycles. The van der Waals surface area contributed by atoms with Gasteiger partial charge >= 0.3 is 0 Å². The van der Waals surface area contributed by atoms with Crippen molar-refractivity contribution in [1.82, 2.24) is 0 Å². The summed E-state index contributed by atoms with van der Waals surface area (Å²) >= 11 is 3.30. The molecule has 0 fully saturated rings. The van der Waals surface area contributed by atoms with Crippen molar-refractivity contribution in [3.8, 4) is 5.75 Å². The number of rotatable bonds is 2. The summed E-state index contributed by atoms with van der Waals surface area (Å²) in [6.45, 7) is 0. The first-order valence-electron chi connectivity index (χ1n) is 3.32. The van der Waals surface area contributed by atoms with E-state index in [1.165, 1.54) is 6.08 Å². The standard InChI is InChI=1S/C9H7BrO2/c1-12-9-3-2-7(4-5-11)6-8(9)10/h2-4,6H,1H3. The molecule has 1 aromatic rings. The molecule has 1 aromatic carbocycles. The molecule has 0 atom stereocenters. The smallest absolute Gasteiger partial charge is 0.133 e. The highest BCUT2D eigenvalue weighted by Crippen LogP contribution is 2.25. The van der Waals surface area contributed by atoms with Crippen molar-refractivity contribution in [2.75, 3.05) is 7.11 Å². The summed E-state index contributed by atoms with van der Waals surface area (Å²) in [6.07, 6.45) is 1.37. The van der Waals surface area contributed by atoms with Gasteiger partial charge in [0.15, 0.2) is 0 Å². The van der Waals surface area contributed by atoms with Gasteiger partial charge in [-0.25, -0.2) is 4.79 Å². The molecule has 0 N–H and O–H groups in total. The lowest BCUT2D eigenvalue weighted by atomic mass is 10.2. The Hall–Kier alpha value is -1.05. The lowest BCUT2D eigenvalue weighted by molar-refractivity contribution is 0.412. The first-order valence-corrected chi connectivity index (χ1v) is 4.11. The van der Waals surface area contributed by atoms with Crippen LogP contribution < -0.4 is 4.74 Å². The highest BCUT2D eigenvalue weighted by Gasteiger charge is 1.98. The first-order chi connectivity index (χ1) is 5.77. The van der Waals surface area contributed by atoms with Crippen molar-refractivity contribution in [2.45, 2.75) is 0 Å². The predicted octanol–water partition coefficient (Wildman–Crippen LogP) is 2.30. The average molecular weight is 227 g/mol. The van der Waals surface area contributed by atoms with Gasteiger partial charge in [-0.15, -0.1) is 0 Å². The number of methoxy groups -OCH3 is 1. The van der Waals surface area contributed by atoms with E-state index in [-0.39, 0.29) is 0 Å². The van der Waals surface area contributed by atoms with Crippen LogP contribution in [0.1, 0.15) is 5.56 Å². The predicted molar refractivity (Wildman–Crippen MR) is 50.9 cm³/mol. The van der Waals surface area contributed by atoms with E-state index in [0.29, 0.717) is 0 Å². The second kappa shape index (κ2) is 4.10. The zero-order valence-electron chi connectivity index (χ0n) is 6.50. The fourth-order valence-corrected chi connectivity index (χ4v) is 1.40. The van der Waals surface area contributed by atoms with Crippen LogP contribution in [0.3, 0.4) is 0 Å². The Morgan fingerprint density at radius 2 is 2.33 bits per heavy atom. The molecule has 0 amide bonds. The van der Waals surface area contributed by atoms with E-state index in [1.54, 1.807) is 31.3 Å². The molecule has 0 aromatic heterocycles. The van der Waals surface area contributed by atoms with Crippen molar-refractivity contribution in [2.24, 2.45) is 0 Å². The van der Waals surface area contributed by atoms with E-state index in [9.17, 15) is 4.79 Å². The Labute approximate surface area is 79.0 Å². The van der Waals surface area contributed by atoms with Crippen molar-refractivity contribution in [3.05, 3.63) is 28.2 Å². The lowest BCUT2D eigenvalue weighted by Gasteiger charge is -2.02. The van der Waals surface area contributed by atoms with Crippen LogP contribution in [0.15, 0.2) is 22.7 Å². The molecule has 0 saturated heterocycles. The zero-order chi connectivity index (χ0) is 8.97. The third-order valence-corrected chi connectivity index (χ3v) is 2.02. The van der Waals surface area contributed by atoms with Crippen molar-refractivity contribution in [1.29, 1.82) is 0 Å². The Morgan fingerprint density at radius 3 is 2.83 bits per heavy atom. The number of ether oxygens (including phenoxy) is 1. The van der Waals surface area contributed by atoms with E-state index in [2.05, 4.69) is 15.9 Å². The van der Waals surface area contributed by atoms with Crippen LogP contribution in [0.4, 0.5) is 0 Å². The summed E-state index contributed by atoms with van der Waals surface area (Å²) < 4.78 is 5.85. The molecule has 0 aliphatic rings. The number of hydrogen-bond acceptors (Lipinski definition) is 2. The minimum atomic E-state index is 0.748. The summed E-state index contributed by atoms with van der Waals surface area (Å²) in [7, 11) is 1.59. The van der Waals surface area contributed by atoms with Crippen LogP contribution in [0.5, 0.6) is 5.75 Å². The largest absolute Gasteiger partial charge is 0.496 e. The van der Waals surface area contributed by atoms with Crippen LogP contribution in [0, 0.1) is 0 Å². The Bertz CT molecular complexity index is 327. The van der Waals surface area contributed by atoms with Gasteiger partial charge in [0.25, 0.3) is 0 Å². The fraction of sp³-hybridized carbons (Fsp3) is 0.111. The number of carbonyl (C=O) groups excluding carboxylic acids is 1. The molecule has 0 bridgehead atoms. The monoisotopic (exact) mass is 226 g/mol. The average Bonchev–Trinajstić information content (AvgIpc) is 2.05. The molecular weight excluding hydrogens is 220 g/mol. The molecule has 62 valence electrons. The summed E-state index contributed by atoms with van der Waals surface area (Å²) in [5.74, 6) is 2.46. The van der Waals surface area contributed by atoms with Crippen LogP contribution in [-0.4, -0.2) is 13.1 Å². The molecule has 0 spiro atoms. The SMILES string of the molecule is COc1ccc(C=C=O)cc1Br. The molecule has 0 saturated carbocycles. The van der Waals surface area contributed by atoms with Crippen LogP contribution in [-0.2, 0) is 4.79 Å². The quantitative estimate of drug-likeness (QED) is 0.724. The van der Waals surface area contributed by atoms with Crippen LogP contribution >= 0.6 is 15.9 Å².